The second-order valence-electron chi connectivity index (χ2n) is 2.70. The van der Waals surface area contributed by atoms with Crippen molar-refractivity contribution in [3.05, 3.63) is 35.9 Å². The number of hydrogen-bond donors (Lipinski definition) is 3. The third-order valence-electron chi connectivity index (χ3n) is 1.21. The zero-order chi connectivity index (χ0) is 13.9. The highest BCUT2D eigenvalue weighted by atomic mass is 32.2. The van der Waals surface area contributed by atoms with Crippen LogP contribution in [0, 0.1) is 0 Å². The highest BCUT2D eigenvalue weighted by Crippen LogP contribution is 2.01. The van der Waals surface area contributed by atoms with E-state index in [1.807, 2.05) is 12.9 Å². The van der Waals surface area contributed by atoms with Crippen molar-refractivity contribution in [2.24, 2.45) is 16.6 Å². The lowest BCUT2D eigenvalue weighted by atomic mass is 10.2. The third kappa shape index (κ3) is 16.7. The van der Waals surface area contributed by atoms with Gasteiger partial charge in [-0.25, -0.2) is 18.4 Å². The van der Waals surface area contributed by atoms with E-state index in [1.54, 1.807) is 24.3 Å². The van der Waals surface area contributed by atoms with Crippen LogP contribution in [0.15, 0.2) is 30.3 Å². The molecule has 1 rings (SSSR count). The van der Waals surface area contributed by atoms with Crippen LogP contribution in [0.5, 0.6) is 0 Å². The van der Waals surface area contributed by atoms with Crippen molar-refractivity contribution in [1.29, 1.82) is 0 Å². The third-order valence-corrected chi connectivity index (χ3v) is 1.95. The molecule has 0 aromatic heterocycles. The Morgan fingerprint density at radius 3 is 1.76 bits per heavy atom. The largest absolute Gasteiger partial charge is 0.352 e. The van der Waals surface area contributed by atoms with Crippen molar-refractivity contribution < 1.29 is 18.0 Å². The number of carbonyl (C=O) groups is 2. The fourth-order valence-corrected chi connectivity index (χ4v) is 1.46. The fourth-order valence-electron chi connectivity index (χ4n) is 0.807. The summed E-state index contributed by atoms with van der Waals surface area (Å²) >= 11 is 0. The minimum absolute atomic E-state index is 0.0894. The van der Waals surface area contributed by atoms with E-state index in [-0.39, 0.29) is 5.75 Å². The molecule has 6 N–H and O–H groups in total. The fraction of sp³-hybridized carbons (Fsp3) is 0.111. The second-order valence-corrected chi connectivity index (χ2v) is 4.31. The number of carbonyl (C=O) groups excluding carboxylic acids is 2. The molecule has 0 saturated heterocycles. The maximum absolute atomic E-state index is 10.6. The van der Waals surface area contributed by atoms with Gasteiger partial charge in [0.05, 0.1) is 5.75 Å². The summed E-state index contributed by atoms with van der Waals surface area (Å²) < 4.78 is 21.2. The van der Waals surface area contributed by atoms with Gasteiger partial charge in [-0.3, -0.25) is 0 Å². The zero-order valence-corrected chi connectivity index (χ0v) is 9.89. The van der Waals surface area contributed by atoms with Gasteiger partial charge < -0.3 is 16.3 Å². The van der Waals surface area contributed by atoms with Crippen LogP contribution in [0.4, 0.5) is 4.79 Å². The molecule has 17 heavy (non-hydrogen) atoms. The van der Waals surface area contributed by atoms with Crippen LogP contribution < -0.4 is 16.6 Å². The topological polar surface area (TPSA) is 146 Å². The highest BCUT2D eigenvalue weighted by Gasteiger charge is 2.02. The highest BCUT2D eigenvalue weighted by molar-refractivity contribution is 7.88. The Hall–Kier alpha value is -1.93. The first-order valence-corrected chi connectivity index (χ1v) is 5.91. The molecule has 0 saturated carbocycles. The summed E-state index contributed by atoms with van der Waals surface area (Å²) in [5, 5.41) is 4.84. The summed E-state index contributed by atoms with van der Waals surface area (Å²) in [6.07, 6.45) is 0. The number of urea groups is 1. The standard InChI is InChI=1S/C7H9NO2S.CH4N2O.CH2O/c8-11(9,10)6-7-4-2-1-3-5-7;2-1(3)4;1-2/h1-5H,6H2,(H2,8,9,10);(H4,2,3,4);1H2. The summed E-state index contributed by atoms with van der Waals surface area (Å²) in [6, 6.07) is 8.00. The molecule has 1 aromatic carbocycles. The SMILES string of the molecule is C=O.NC(N)=O.NS(=O)(=O)Cc1ccccc1. The van der Waals surface area contributed by atoms with Gasteiger partial charge in [-0.05, 0) is 5.56 Å². The molecule has 0 aliphatic rings. The maximum atomic E-state index is 10.6. The molecule has 0 radical (unpaired) electrons. The monoisotopic (exact) mass is 261 g/mol. The molecule has 0 spiro atoms. The first-order chi connectivity index (χ1) is 7.81. The summed E-state index contributed by atoms with van der Waals surface area (Å²) in [6.45, 7) is 2.00. The van der Waals surface area contributed by atoms with E-state index in [1.165, 1.54) is 0 Å². The molecule has 0 aliphatic heterocycles. The minimum atomic E-state index is -3.38. The Kier molecular flexibility index (Phi) is 9.56. The maximum Gasteiger partial charge on any atom is 0.309 e. The van der Waals surface area contributed by atoms with Gasteiger partial charge in [-0.15, -0.1) is 0 Å². The molecule has 1 aromatic rings. The van der Waals surface area contributed by atoms with E-state index in [0.717, 1.165) is 5.56 Å². The average molecular weight is 261 g/mol. The quantitative estimate of drug-likeness (QED) is 0.646. The van der Waals surface area contributed by atoms with Gasteiger partial charge >= 0.3 is 6.03 Å². The summed E-state index contributed by atoms with van der Waals surface area (Å²) in [5.74, 6) is -0.0894. The summed E-state index contributed by atoms with van der Waals surface area (Å²) in [4.78, 5) is 17.0. The normalized spacial score (nSPS) is 9.00. The molecule has 7 nitrogen and oxygen atoms in total. The molecule has 0 unspecified atom stereocenters. The Bertz CT molecular complexity index is 415. The number of sulfonamides is 1. The van der Waals surface area contributed by atoms with Crippen molar-refractivity contribution in [1.82, 2.24) is 0 Å². The van der Waals surface area contributed by atoms with Gasteiger partial charge in [0.25, 0.3) is 0 Å². The van der Waals surface area contributed by atoms with Gasteiger partial charge in [0, 0.05) is 0 Å². The smallest absolute Gasteiger partial charge is 0.309 e. The Labute approximate surface area is 99.6 Å². The lowest BCUT2D eigenvalue weighted by molar-refractivity contribution is -0.0980. The lowest BCUT2D eigenvalue weighted by Crippen LogP contribution is -2.18. The van der Waals surface area contributed by atoms with Gasteiger partial charge in [0.15, 0.2) is 0 Å². The first-order valence-electron chi connectivity index (χ1n) is 4.19. The van der Waals surface area contributed by atoms with Crippen molar-refractivity contribution in [2.45, 2.75) is 5.75 Å². The van der Waals surface area contributed by atoms with E-state index in [4.69, 9.17) is 14.7 Å². The summed E-state index contributed by atoms with van der Waals surface area (Å²) in [7, 11) is -3.38. The van der Waals surface area contributed by atoms with Crippen LogP contribution in [-0.4, -0.2) is 21.2 Å². The van der Waals surface area contributed by atoms with E-state index < -0.39 is 16.1 Å². The predicted octanol–water partition coefficient (Wildman–Crippen LogP) is -0.686. The van der Waals surface area contributed by atoms with E-state index in [2.05, 4.69) is 11.5 Å². The van der Waals surface area contributed by atoms with Crippen LogP contribution in [0.3, 0.4) is 0 Å². The number of nitrogens with two attached hydrogens (primary N) is 3. The van der Waals surface area contributed by atoms with Crippen LogP contribution in [-0.2, 0) is 20.6 Å². The number of primary sulfonamides is 1. The molecular weight excluding hydrogens is 246 g/mol. The molecule has 96 valence electrons. The molecule has 2 amide bonds. The van der Waals surface area contributed by atoms with Crippen LogP contribution in [0.1, 0.15) is 5.56 Å². The van der Waals surface area contributed by atoms with E-state index in [0.29, 0.717) is 0 Å². The van der Waals surface area contributed by atoms with Gasteiger partial charge in [0.2, 0.25) is 10.0 Å². The van der Waals surface area contributed by atoms with Crippen LogP contribution in [0.2, 0.25) is 0 Å². The predicted molar refractivity (Wildman–Crippen MR) is 64.1 cm³/mol. The van der Waals surface area contributed by atoms with Crippen molar-refractivity contribution in [2.75, 3.05) is 0 Å². The summed E-state index contributed by atoms with van der Waals surface area (Å²) in [5.41, 5.74) is 9.22. The van der Waals surface area contributed by atoms with Gasteiger partial charge in [-0.1, -0.05) is 30.3 Å². The number of primary amides is 2. The van der Waals surface area contributed by atoms with E-state index >= 15 is 0 Å². The first kappa shape index (κ1) is 17.5. The molecule has 0 atom stereocenters. The molecule has 8 heteroatoms. The van der Waals surface area contributed by atoms with Crippen molar-refractivity contribution >= 4 is 22.8 Å². The van der Waals surface area contributed by atoms with Gasteiger partial charge in [-0.2, -0.15) is 0 Å². The van der Waals surface area contributed by atoms with Crippen molar-refractivity contribution in [3.63, 3.8) is 0 Å². The Morgan fingerprint density at radius 2 is 1.47 bits per heavy atom. The Balaban J connectivity index is 0. The number of benzene rings is 1. The molecule has 0 fully saturated rings. The molecule has 0 heterocycles. The van der Waals surface area contributed by atoms with E-state index in [9.17, 15) is 8.42 Å². The van der Waals surface area contributed by atoms with Gasteiger partial charge in [0.1, 0.15) is 6.79 Å². The van der Waals surface area contributed by atoms with Crippen LogP contribution >= 0.6 is 0 Å². The molecule has 0 aliphatic carbocycles. The second kappa shape index (κ2) is 9.31. The van der Waals surface area contributed by atoms with Crippen molar-refractivity contribution in [3.8, 4) is 0 Å². The van der Waals surface area contributed by atoms with Crippen LogP contribution in [0.25, 0.3) is 0 Å². The zero-order valence-electron chi connectivity index (χ0n) is 9.07. The number of hydrogen-bond acceptors (Lipinski definition) is 4. The number of amides is 2. The lowest BCUT2D eigenvalue weighted by Gasteiger charge is -1.96. The minimum Gasteiger partial charge on any atom is -0.352 e. The molecule has 0 bridgehead atoms. The number of rotatable bonds is 2. The average Bonchev–Trinajstić information content (AvgIpc) is 2.19. The molecular formula is C9H15N3O4S. The Morgan fingerprint density at radius 1 is 1.12 bits per heavy atom.